The summed E-state index contributed by atoms with van der Waals surface area (Å²) in [7, 11) is 0. The van der Waals surface area contributed by atoms with Gasteiger partial charge in [-0.25, -0.2) is 0 Å². The Labute approximate surface area is 180 Å². The molecule has 2 aliphatic rings. The summed E-state index contributed by atoms with van der Waals surface area (Å²) in [5.41, 5.74) is 5.93. The molecule has 4 nitrogen and oxygen atoms in total. The van der Waals surface area contributed by atoms with Gasteiger partial charge >= 0.3 is 0 Å². The second-order valence-corrected chi connectivity index (χ2v) is 9.68. The highest BCUT2D eigenvalue weighted by molar-refractivity contribution is 5.34. The van der Waals surface area contributed by atoms with Gasteiger partial charge in [0.2, 0.25) is 0 Å². The Morgan fingerprint density at radius 3 is 2.73 bits per heavy atom. The van der Waals surface area contributed by atoms with E-state index in [1.165, 1.54) is 36.1 Å². The van der Waals surface area contributed by atoms with Crippen molar-refractivity contribution in [2.45, 2.75) is 71.8 Å². The van der Waals surface area contributed by atoms with Gasteiger partial charge in [-0.2, -0.15) is 0 Å². The first kappa shape index (κ1) is 21.2. The second kappa shape index (κ2) is 8.97. The molecule has 2 N–H and O–H groups in total. The number of nitrogens with one attached hydrogen (secondary N) is 1. The van der Waals surface area contributed by atoms with Crippen LogP contribution in [0.5, 0.6) is 5.75 Å². The molecule has 4 heteroatoms. The molecule has 1 fully saturated rings. The summed E-state index contributed by atoms with van der Waals surface area (Å²) < 4.78 is 0. The first-order valence-electron chi connectivity index (χ1n) is 11.6. The summed E-state index contributed by atoms with van der Waals surface area (Å²) in [5.74, 6) is 1.89. The fraction of sp³-hybridized carbons (Fsp3) is 0.577. The number of fused-ring (bicyclic) bond motifs is 1. The number of phenolic OH excluding ortho intramolecular Hbond substituents is 1. The van der Waals surface area contributed by atoms with Crippen LogP contribution < -0.4 is 5.56 Å². The van der Waals surface area contributed by atoms with Crippen molar-refractivity contribution in [1.29, 1.82) is 0 Å². The van der Waals surface area contributed by atoms with E-state index >= 15 is 0 Å². The van der Waals surface area contributed by atoms with Crippen molar-refractivity contribution >= 4 is 0 Å². The van der Waals surface area contributed by atoms with Crippen molar-refractivity contribution < 1.29 is 5.11 Å². The molecule has 30 heavy (non-hydrogen) atoms. The topological polar surface area (TPSA) is 56.3 Å². The number of aryl methyl sites for hydroxylation is 4. The molecular weight excluding hydrogens is 372 g/mol. The van der Waals surface area contributed by atoms with Crippen LogP contribution in [0.15, 0.2) is 29.1 Å². The van der Waals surface area contributed by atoms with Crippen LogP contribution in [0.4, 0.5) is 0 Å². The van der Waals surface area contributed by atoms with E-state index in [-0.39, 0.29) is 5.56 Å². The molecule has 1 aromatic carbocycles. The summed E-state index contributed by atoms with van der Waals surface area (Å²) in [4.78, 5) is 17.8. The van der Waals surface area contributed by atoms with Gasteiger partial charge in [-0.3, -0.25) is 4.79 Å². The molecular formula is C26H36N2O2. The number of pyridine rings is 1. The molecule has 4 rings (SSSR count). The van der Waals surface area contributed by atoms with Gasteiger partial charge in [0.15, 0.2) is 0 Å². The van der Waals surface area contributed by atoms with Crippen molar-refractivity contribution in [3.63, 3.8) is 0 Å². The van der Waals surface area contributed by atoms with Crippen molar-refractivity contribution in [1.82, 2.24) is 9.88 Å². The molecule has 0 radical (unpaired) electrons. The molecule has 2 aromatic rings. The first-order chi connectivity index (χ1) is 14.4. The van der Waals surface area contributed by atoms with E-state index in [1.807, 2.05) is 19.1 Å². The first-order valence-corrected chi connectivity index (χ1v) is 11.6. The molecule has 162 valence electrons. The maximum absolute atomic E-state index is 11.9. The van der Waals surface area contributed by atoms with E-state index in [9.17, 15) is 9.90 Å². The van der Waals surface area contributed by atoms with Gasteiger partial charge in [-0.15, -0.1) is 0 Å². The summed E-state index contributed by atoms with van der Waals surface area (Å²) in [6.07, 6.45) is 8.10. The predicted octanol–water partition coefficient (Wildman–Crippen LogP) is 4.54. The number of aromatic hydroxyl groups is 1. The van der Waals surface area contributed by atoms with E-state index in [4.69, 9.17) is 0 Å². The Morgan fingerprint density at radius 2 is 1.97 bits per heavy atom. The predicted molar refractivity (Wildman–Crippen MR) is 122 cm³/mol. The highest BCUT2D eigenvalue weighted by Gasteiger charge is 2.31. The maximum Gasteiger partial charge on any atom is 0.251 e. The van der Waals surface area contributed by atoms with Gasteiger partial charge < -0.3 is 15.0 Å². The van der Waals surface area contributed by atoms with Crippen LogP contribution in [-0.4, -0.2) is 34.1 Å². The molecule has 0 bridgehead atoms. The van der Waals surface area contributed by atoms with Crippen molar-refractivity contribution in [3.8, 4) is 5.75 Å². The van der Waals surface area contributed by atoms with Crippen LogP contribution in [0.3, 0.4) is 0 Å². The zero-order chi connectivity index (χ0) is 21.3. The number of nitrogens with zero attached hydrogens (tertiary/aromatic N) is 1. The third-order valence-electron chi connectivity index (χ3n) is 7.32. The van der Waals surface area contributed by atoms with Crippen molar-refractivity contribution in [2.24, 2.45) is 11.8 Å². The zero-order valence-electron chi connectivity index (χ0n) is 18.7. The summed E-state index contributed by atoms with van der Waals surface area (Å²) in [5, 5.41) is 9.82. The second-order valence-electron chi connectivity index (χ2n) is 9.68. The number of H-pyrrole nitrogens is 1. The number of hydrogen-bond donors (Lipinski definition) is 2. The zero-order valence-corrected chi connectivity index (χ0v) is 18.7. The number of phenols is 1. The SMILES string of the molecule is Cc1ccc(O)cc1CCCN(CC1CC1)[C@H](C)[C@H]1CCc2[nH]c(=O)c(C)cc2C1. The Balaban J connectivity index is 1.40. The van der Waals surface area contributed by atoms with Gasteiger partial charge in [0.05, 0.1) is 0 Å². The minimum absolute atomic E-state index is 0.0675. The van der Waals surface area contributed by atoms with E-state index < -0.39 is 0 Å². The molecule has 0 amide bonds. The third-order valence-corrected chi connectivity index (χ3v) is 7.32. The van der Waals surface area contributed by atoms with Crippen molar-refractivity contribution in [3.05, 3.63) is 62.6 Å². The fourth-order valence-electron chi connectivity index (χ4n) is 5.05. The fourth-order valence-corrected chi connectivity index (χ4v) is 5.05. The highest BCUT2D eigenvalue weighted by Crippen LogP contribution is 2.34. The lowest BCUT2D eigenvalue weighted by Crippen LogP contribution is -2.42. The molecule has 2 atom stereocenters. The standard InChI is InChI=1S/C26H36N2O2/c1-17-6-10-24(29)15-21(17)5-4-12-28(16-20-7-8-20)19(3)22-9-11-25-23(14-22)13-18(2)26(30)27-25/h6,10,13,15,19-20,22,29H,4-5,7-9,11-12,14,16H2,1-3H3,(H,27,30)/t19-,22+/m1/s1. The highest BCUT2D eigenvalue weighted by atomic mass is 16.3. The molecule has 1 aromatic heterocycles. The Morgan fingerprint density at radius 1 is 1.17 bits per heavy atom. The smallest absolute Gasteiger partial charge is 0.251 e. The maximum atomic E-state index is 11.9. The van der Waals surface area contributed by atoms with Crippen LogP contribution in [0, 0.1) is 25.7 Å². The van der Waals surface area contributed by atoms with Crippen LogP contribution in [-0.2, 0) is 19.3 Å². The van der Waals surface area contributed by atoms with E-state index in [2.05, 4.69) is 29.8 Å². The van der Waals surface area contributed by atoms with Crippen LogP contribution in [0.1, 0.15) is 60.6 Å². The normalized spacial score (nSPS) is 19.7. The number of benzene rings is 1. The summed E-state index contributed by atoms with van der Waals surface area (Å²) >= 11 is 0. The van der Waals surface area contributed by atoms with Crippen LogP contribution >= 0.6 is 0 Å². The van der Waals surface area contributed by atoms with E-state index in [0.29, 0.717) is 17.7 Å². The average molecular weight is 409 g/mol. The van der Waals surface area contributed by atoms with Gasteiger partial charge in [0.25, 0.3) is 5.56 Å². The Kier molecular flexibility index (Phi) is 6.33. The number of rotatable bonds is 8. The molecule has 0 saturated heterocycles. The van der Waals surface area contributed by atoms with Crippen LogP contribution in [0.25, 0.3) is 0 Å². The van der Waals surface area contributed by atoms with Crippen LogP contribution in [0.2, 0.25) is 0 Å². The quantitative estimate of drug-likeness (QED) is 0.674. The number of aromatic amines is 1. The number of aromatic nitrogens is 1. The molecule has 0 aliphatic heterocycles. The molecule has 2 aliphatic carbocycles. The van der Waals surface area contributed by atoms with Gasteiger partial charge in [-0.1, -0.05) is 6.07 Å². The van der Waals surface area contributed by atoms with Crippen molar-refractivity contribution in [2.75, 3.05) is 13.1 Å². The van der Waals surface area contributed by atoms with E-state index in [0.717, 1.165) is 55.8 Å². The Hall–Kier alpha value is -2.07. The molecule has 1 saturated carbocycles. The van der Waals surface area contributed by atoms with E-state index in [1.54, 1.807) is 6.07 Å². The summed E-state index contributed by atoms with van der Waals surface area (Å²) in [6.45, 7) is 8.78. The minimum Gasteiger partial charge on any atom is -0.508 e. The summed E-state index contributed by atoms with van der Waals surface area (Å²) in [6, 6.07) is 8.38. The molecule has 0 spiro atoms. The monoisotopic (exact) mass is 408 g/mol. The van der Waals surface area contributed by atoms with Gasteiger partial charge in [0, 0.05) is 23.8 Å². The lowest BCUT2D eigenvalue weighted by molar-refractivity contribution is 0.136. The Bertz CT molecular complexity index is 945. The molecule has 1 heterocycles. The minimum atomic E-state index is 0.0675. The lowest BCUT2D eigenvalue weighted by Gasteiger charge is -2.37. The van der Waals surface area contributed by atoms with Gasteiger partial charge in [0.1, 0.15) is 5.75 Å². The lowest BCUT2D eigenvalue weighted by atomic mass is 9.81. The molecule has 0 unspecified atom stereocenters. The third kappa shape index (κ3) is 4.97. The largest absolute Gasteiger partial charge is 0.508 e. The number of hydrogen-bond acceptors (Lipinski definition) is 3. The average Bonchev–Trinajstić information content (AvgIpc) is 3.54. The van der Waals surface area contributed by atoms with Gasteiger partial charge in [-0.05, 0) is 119 Å².